The highest BCUT2D eigenvalue weighted by Crippen LogP contribution is 2.28. The molecule has 1 aliphatic heterocycles. The molecule has 0 aliphatic carbocycles. The van der Waals surface area contributed by atoms with Crippen LogP contribution in [0.25, 0.3) is 11.1 Å². The summed E-state index contributed by atoms with van der Waals surface area (Å²) in [7, 11) is 0. The summed E-state index contributed by atoms with van der Waals surface area (Å²) >= 11 is 0. The second-order valence-corrected chi connectivity index (χ2v) is 5.16. The van der Waals surface area contributed by atoms with Crippen molar-refractivity contribution in [2.75, 3.05) is 11.4 Å². The maximum absolute atomic E-state index is 11.9. The molecule has 3 rings (SSSR count). The van der Waals surface area contributed by atoms with Gasteiger partial charge in [0.05, 0.1) is 5.92 Å². The molecule has 4 heteroatoms. The third-order valence-corrected chi connectivity index (χ3v) is 3.76. The van der Waals surface area contributed by atoms with E-state index < -0.39 is 11.9 Å². The average molecular weight is 281 g/mol. The van der Waals surface area contributed by atoms with Crippen molar-refractivity contribution in [3.8, 4) is 11.1 Å². The maximum Gasteiger partial charge on any atom is 0.308 e. The topological polar surface area (TPSA) is 57.6 Å². The summed E-state index contributed by atoms with van der Waals surface area (Å²) in [5, 5.41) is 9.01. The van der Waals surface area contributed by atoms with Crippen LogP contribution in [0.15, 0.2) is 54.6 Å². The van der Waals surface area contributed by atoms with Crippen LogP contribution in [0, 0.1) is 5.92 Å². The van der Waals surface area contributed by atoms with Gasteiger partial charge in [0, 0.05) is 18.7 Å². The smallest absolute Gasteiger partial charge is 0.308 e. The quantitative estimate of drug-likeness (QED) is 0.941. The molecule has 1 aliphatic rings. The third-order valence-electron chi connectivity index (χ3n) is 3.76. The molecule has 0 aromatic heterocycles. The first kappa shape index (κ1) is 13.4. The molecule has 21 heavy (non-hydrogen) atoms. The lowest BCUT2D eigenvalue weighted by molar-refractivity contribution is -0.141. The molecule has 0 bridgehead atoms. The van der Waals surface area contributed by atoms with E-state index in [9.17, 15) is 9.59 Å². The largest absolute Gasteiger partial charge is 0.481 e. The fourth-order valence-corrected chi connectivity index (χ4v) is 2.59. The van der Waals surface area contributed by atoms with Crippen molar-refractivity contribution in [2.24, 2.45) is 5.92 Å². The molecule has 106 valence electrons. The molecule has 1 N–H and O–H groups in total. The summed E-state index contributed by atoms with van der Waals surface area (Å²) in [6.07, 6.45) is 0.0791. The second kappa shape index (κ2) is 5.40. The molecule has 1 heterocycles. The lowest BCUT2D eigenvalue weighted by atomic mass is 10.1. The van der Waals surface area contributed by atoms with E-state index in [2.05, 4.69) is 0 Å². The number of carbonyl (C=O) groups excluding carboxylic acids is 1. The molecular formula is C17H15NO3. The minimum atomic E-state index is -0.910. The van der Waals surface area contributed by atoms with E-state index in [1.165, 1.54) is 0 Å². The number of aliphatic carboxylic acids is 1. The molecule has 1 fully saturated rings. The third kappa shape index (κ3) is 2.65. The van der Waals surface area contributed by atoms with E-state index in [0.717, 1.165) is 16.8 Å². The molecule has 1 atom stereocenters. The van der Waals surface area contributed by atoms with Gasteiger partial charge in [0.15, 0.2) is 0 Å². The first-order valence-electron chi connectivity index (χ1n) is 6.84. The Balaban J connectivity index is 1.82. The van der Waals surface area contributed by atoms with Crippen molar-refractivity contribution in [1.29, 1.82) is 0 Å². The molecule has 1 unspecified atom stereocenters. The Morgan fingerprint density at radius 1 is 1.00 bits per heavy atom. The number of carbonyl (C=O) groups is 2. The van der Waals surface area contributed by atoms with Crippen molar-refractivity contribution in [3.63, 3.8) is 0 Å². The Hall–Kier alpha value is -2.62. The summed E-state index contributed by atoms with van der Waals surface area (Å²) in [5.41, 5.74) is 2.93. The first-order valence-corrected chi connectivity index (χ1v) is 6.84. The van der Waals surface area contributed by atoms with Gasteiger partial charge in [0.1, 0.15) is 0 Å². The van der Waals surface area contributed by atoms with Crippen molar-refractivity contribution in [3.05, 3.63) is 54.6 Å². The first-order chi connectivity index (χ1) is 10.1. The zero-order valence-electron chi connectivity index (χ0n) is 11.4. The van der Waals surface area contributed by atoms with Gasteiger partial charge in [-0.3, -0.25) is 9.59 Å². The average Bonchev–Trinajstić information content (AvgIpc) is 2.91. The van der Waals surface area contributed by atoms with Gasteiger partial charge in [0.25, 0.3) is 0 Å². The number of anilines is 1. The minimum Gasteiger partial charge on any atom is -0.481 e. The van der Waals surface area contributed by atoms with Gasteiger partial charge in [-0.15, -0.1) is 0 Å². The van der Waals surface area contributed by atoms with Crippen molar-refractivity contribution in [1.82, 2.24) is 0 Å². The zero-order chi connectivity index (χ0) is 14.8. The molecule has 2 aromatic carbocycles. The fourth-order valence-electron chi connectivity index (χ4n) is 2.59. The molecule has 0 spiro atoms. The number of amides is 1. The lowest BCUT2D eigenvalue weighted by Gasteiger charge is -2.16. The van der Waals surface area contributed by atoms with Crippen LogP contribution in [0.5, 0.6) is 0 Å². The van der Waals surface area contributed by atoms with Gasteiger partial charge in [0.2, 0.25) is 5.91 Å². The van der Waals surface area contributed by atoms with Crippen LogP contribution in [-0.2, 0) is 9.59 Å². The SMILES string of the molecule is O=C(O)C1CC(=O)N(c2ccc(-c3ccccc3)cc2)C1. The van der Waals surface area contributed by atoms with Crippen molar-refractivity contribution < 1.29 is 14.7 Å². The number of carboxylic acids is 1. The highest BCUT2D eigenvalue weighted by Gasteiger charge is 2.34. The summed E-state index contributed by atoms with van der Waals surface area (Å²) in [6, 6.07) is 17.6. The summed E-state index contributed by atoms with van der Waals surface area (Å²) < 4.78 is 0. The predicted octanol–water partition coefficient (Wildman–Crippen LogP) is 2.79. The number of hydrogen-bond acceptors (Lipinski definition) is 2. The Morgan fingerprint density at radius 2 is 1.62 bits per heavy atom. The fraction of sp³-hybridized carbons (Fsp3) is 0.176. The van der Waals surface area contributed by atoms with Crippen LogP contribution < -0.4 is 4.90 Å². The second-order valence-electron chi connectivity index (χ2n) is 5.16. The van der Waals surface area contributed by atoms with Crippen molar-refractivity contribution in [2.45, 2.75) is 6.42 Å². The van der Waals surface area contributed by atoms with E-state index in [4.69, 9.17) is 5.11 Å². The van der Waals surface area contributed by atoms with Gasteiger partial charge in [-0.1, -0.05) is 42.5 Å². The normalized spacial score (nSPS) is 18.0. The molecular weight excluding hydrogens is 266 g/mol. The Bertz CT molecular complexity index is 664. The van der Waals surface area contributed by atoms with Gasteiger partial charge >= 0.3 is 5.97 Å². The molecule has 0 radical (unpaired) electrons. The highest BCUT2D eigenvalue weighted by atomic mass is 16.4. The number of hydrogen-bond donors (Lipinski definition) is 1. The summed E-state index contributed by atoms with van der Waals surface area (Å²) in [6.45, 7) is 0.249. The van der Waals surface area contributed by atoms with Crippen molar-refractivity contribution >= 4 is 17.6 Å². The number of rotatable bonds is 3. The van der Waals surface area contributed by atoms with Crippen LogP contribution in [0.1, 0.15) is 6.42 Å². The monoisotopic (exact) mass is 281 g/mol. The predicted molar refractivity (Wildman–Crippen MR) is 80.0 cm³/mol. The maximum atomic E-state index is 11.9. The lowest BCUT2D eigenvalue weighted by Crippen LogP contribution is -2.25. The van der Waals surface area contributed by atoms with Gasteiger partial charge < -0.3 is 10.0 Å². The Labute approximate surface area is 122 Å². The number of benzene rings is 2. The van der Waals surface area contributed by atoms with E-state index in [1.807, 2.05) is 54.6 Å². The van der Waals surface area contributed by atoms with Crippen LogP contribution in [0.3, 0.4) is 0 Å². The van der Waals surface area contributed by atoms with E-state index in [1.54, 1.807) is 4.90 Å². The molecule has 0 saturated carbocycles. The Morgan fingerprint density at radius 3 is 2.19 bits per heavy atom. The van der Waals surface area contributed by atoms with E-state index in [0.29, 0.717) is 0 Å². The van der Waals surface area contributed by atoms with Gasteiger partial charge in [-0.05, 0) is 23.3 Å². The van der Waals surface area contributed by atoms with Crippen LogP contribution in [0.2, 0.25) is 0 Å². The zero-order valence-corrected chi connectivity index (χ0v) is 11.4. The number of nitrogens with zero attached hydrogens (tertiary/aromatic N) is 1. The number of carboxylic acid groups (broad SMARTS) is 1. The Kier molecular flexibility index (Phi) is 3.44. The van der Waals surface area contributed by atoms with E-state index in [-0.39, 0.29) is 18.9 Å². The highest BCUT2D eigenvalue weighted by molar-refractivity contribution is 5.99. The molecule has 1 saturated heterocycles. The standard InChI is InChI=1S/C17H15NO3/c19-16-10-14(17(20)21)11-18(16)15-8-6-13(7-9-15)12-4-2-1-3-5-12/h1-9,14H,10-11H2,(H,20,21). The molecule has 2 aromatic rings. The minimum absolute atomic E-state index is 0.0791. The van der Waals surface area contributed by atoms with Crippen LogP contribution in [-0.4, -0.2) is 23.5 Å². The summed E-state index contributed by atoms with van der Waals surface area (Å²) in [5.74, 6) is -1.65. The molecule has 1 amide bonds. The van der Waals surface area contributed by atoms with Gasteiger partial charge in [-0.25, -0.2) is 0 Å². The van der Waals surface area contributed by atoms with E-state index >= 15 is 0 Å². The van der Waals surface area contributed by atoms with Crippen LogP contribution in [0.4, 0.5) is 5.69 Å². The van der Waals surface area contributed by atoms with Gasteiger partial charge in [-0.2, -0.15) is 0 Å². The molecule has 4 nitrogen and oxygen atoms in total. The summed E-state index contributed by atoms with van der Waals surface area (Å²) in [4.78, 5) is 24.4. The van der Waals surface area contributed by atoms with Crippen LogP contribution >= 0.6 is 0 Å².